The maximum Gasteiger partial charge on any atom is 0.270 e. The van der Waals surface area contributed by atoms with E-state index in [1.807, 2.05) is 48.4 Å². The molecule has 142 valence electrons. The van der Waals surface area contributed by atoms with Crippen LogP contribution >= 0.6 is 11.3 Å². The highest BCUT2D eigenvalue weighted by molar-refractivity contribution is 7.10. The molecule has 0 spiro atoms. The number of carbonyl (C=O) groups excluding carboxylic acids is 2. The summed E-state index contributed by atoms with van der Waals surface area (Å²) >= 11 is 1.54. The Labute approximate surface area is 164 Å². The molecule has 1 aromatic heterocycles. The number of carbonyl (C=O) groups is 2. The van der Waals surface area contributed by atoms with Crippen molar-refractivity contribution >= 4 is 29.2 Å². The van der Waals surface area contributed by atoms with E-state index in [9.17, 15) is 9.59 Å². The molecule has 1 saturated heterocycles. The first-order valence-electron chi connectivity index (χ1n) is 9.37. The Morgan fingerprint density at radius 1 is 1.22 bits per heavy atom. The summed E-state index contributed by atoms with van der Waals surface area (Å²) in [7, 11) is 0. The molecule has 2 heterocycles. The highest BCUT2D eigenvalue weighted by atomic mass is 32.1. The van der Waals surface area contributed by atoms with Crippen LogP contribution in [0.2, 0.25) is 0 Å². The largest absolute Gasteiger partial charge is 0.337 e. The van der Waals surface area contributed by atoms with Crippen molar-refractivity contribution < 1.29 is 9.59 Å². The van der Waals surface area contributed by atoms with Gasteiger partial charge in [0.05, 0.1) is 0 Å². The fourth-order valence-electron chi connectivity index (χ4n) is 3.29. The average Bonchev–Trinajstić information content (AvgIpc) is 3.16. The molecule has 0 radical (unpaired) electrons. The lowest BCUT2D eigenvalue weighted by Gasteiger charge is -2.31. The summed E-state index contributed by atoms with van der Waals surface area (Å²) in [4.78, 5) is 28.7. The maximum atomic E-state index is 13.1. The number of rotatable bonds is 4. The molecular weight excluding hydrogens is 356 g/mol. The van der Waals surface area contributed by atoms with Crippen molar-refractivity contribution in [2.75, 3.05) is 13.1 Å². The van der Waals surface area contributed by atoms with E-state index in [1.165, 1.54) is 0 Å². The van der Waals surface area contributed by atoms with E-state index < -0.39 is 0 Å². The first kappa shape index (κ1) is 19.4. The second-order valence-corrected chi connectivity index (χ2v) is 8.30. The van der Waals surface area contributed by atoms with Crippen LogP contribution in [0.4, 0.5) is 0 Å². The normalized spacial score (nSPS) is 17.7. The van der Waals surface area contributed by atoms with Crippen LogP contribution in [0.5, 0.6) is 0 Å². The highest BCUT2D eigenvalue weighted by Crippen LogP contribution is 2.20. The van der Waals surface area contributed by atoms with Crippen LogP contribution in [-0.2, 0) is 4.79 Å². The lowest BCUT2D eigenvalue weighted by atomic mass is 10.00. The fourth-order valence-corrected chi connectivity index (χ4v) is 3.95. The number of hydrogen-bond donors (Lipinski definition) is 1. The molecule has 27 heavy (non-hydrogen) atoms. The molecular formula is C22H26N2O2S. The number of thiophene rings is 1. The predicted octanol–water partition coefficient (Wildman–Crippen LogP) is 4.39. The van der Waals surface area contributed by atoms with Crippen LogP contribution < -0.4 is 5.32 Å². The molecule has 4 nitrogen and oxygen atoms in total. The standard InChI is InChI=1S/C22H26N2O2S/c1-15-6-4-10-24(14-15)22(26)20(13-19-7-5-11-27-19)23-21(25)18-9-8-16(2)17(3)12-18/h5,7-9,11-13,15H,4,6,10,14H2,1-3H3,(H,23,25)/b20-13+/t15-/m0/s1. The van der Waals surface area contributed by atoms with E-state index in [1.54, 1.807) is 23.5 Å². The third kappa shape index (κ3) is 4.86. The van der Waals surface area contributed by atoms with Crippen molar-refractivity contribution in [3.8, 4) is 0 Å². The van der Waals surface area contributed by atoms with Gasteiger partial charge in [0.2, 0.25) is 0 Å². The van der Waals surface area contributed by atoms with Crippen LogP contribution in [0.25, 0.3) is 6.08 Å². The number of nitrogens with one attached hydrogen (secondary N) is 1. The molecule has 1 aliphatic heterocycles. The Bertz CT molecular complexity index is 855. The first-order chi connectivity index (χ1) is 12.9. The van der Waals surface area contributed by atoms with Crippen LogP contribution in [0, 0.1) is 19.8 Å². The number of benzene rings is 1. The lowest BCUT2D eigenvalue weighted by molar-refractivity contribution is -0.129. The third-order valence-corrected chi connectivity index (χ3v) is 5.84. The molecule has 1 aliphatic rings. The quantitative estimate of drug-likeness (QED) is 0.797. The number of piperidine rings is 1. The Balaban J connectivity index is 1.84. The van der Waals surface area contributed by atoms with Gasteiger partial charge in [-0.2, -0.15) is 0 Å². The van der Waals surface area contributed by atoms with E-state index >= 15 is 0 Å². The summed E-state index contributed by atoms with van der Waals surface area (Å²) in [5.41, 5.74) is 3.10. The molecule has 0 bridgehead atoms. The van der Waals surface area contributed by atoms with Gasteiger partial charge in [-0.3, -0.25) is 9.59 Å². The number of nitrogens with zero attached hydrogens (tertiary/aromatic N) is 1. The van der Waals surface area contributed by atoms with Gasteiger partial charge >= 0.3 is 0 Å². The van der Waals surface area contributed by atoms with Gasteiger partial charge in [-0.05, 0) is 73.4 Å². The smallest absolute Gasteiger partial charge is 0.270 e. The lowest BCUT2D eigenvalue weighted by Crippen LogP contribution is -2.43. The first-order valence-corrected chi connectivity index (χ1v) is 10.2. The van der Waals surface area contributed by atoms with Gasteiger partial charge in [0.15, 0.2) is 0 Å². The van der Waals surface area contributed by atoms with E-state index in [-0.39, 0.29) is 11.8 Å². The fraction of sp³-hybridized carbons (Fsp3) is 0.364. The van der Waals surface area contributed by atoms with Gasteiger partial charge in [0, 0.05) is 23.5 Å². The van der Waals surface area contributed by atoms with Gasteiger partial charge in [-0.15, -0.1) is 11.3 Å². The van der Waals surface area contributed by atoms with Crippen molar-refractivity contribution in [1.29, 1.82) is 0 Å². The molecule has 0 aliphatic carbocycles. The topological polar surface area (TPSA) is 49.4 Å². The van der Waals surface area contributed by atoms with Gasteiger partial charge in [-0.1, -0.05) is 19.1 Å². The summed E-state index contributed by atoms with van der Waals surface area (Å²) < 4.78 is 0. The zero-order valence-electron chi connectivity index (χ0n) is 16.1. The minimum absolute atomic E-state index is 0.105. The monoisotopic (exact) mass is 382 g/mol. The number of aryl methyl sites for hydroxylation is 2. The van der Waals surface area contributed by atoms with Crippen LogP contribution in [0.1, 0.15) is 46.1 Å². The van der Waals surface area contributed by atoms with Crippen molar-refractivity contribution in [2.24, 2.45) is 5.92 Å². The Hall–Kier alpha value is -2.40. The summed E-state index contributed by atoms with van der Waals surface area (Å²) in [6.45, 7) is 7.63. The zero-order valence-corrected chi connectivity index (χ0v) is 16.9. The van der Waals surface area contributed by atoms with Crippen LogP contribution in [-0.4, -0.2) is 29.8 Å². The summed E-state index contributed by atoms with van der Waals surface area (Å²) in [5, 5.41) is 4.83. The molecule has 0 saturated carbocycles. The molecule has 5 heteroatoms. The van der Waals surface area contributed by atoms with E-state index in [2.05, 4.69) is 12.2 Å². The number of hydrogen-bond acceptors (Lipinski definition) is 3. The number of amides is 2. The van der Waals surface area contributed by atoms with E-state index in [4.69, 9.17) is 0 Å². The highest BCUT2D eigenvalue weighted by Gasteiger charge is 2.25. The summed E-state index contributed by atoms with van der Waals surface area (Å²) in [6.07, 6.45) is 3.93. The van der Waals surface area contributed by atoms with Crippen LogP contribution in [0.15, 0.2) is 41.4 Å². The zero-order chi connectivity index (χ0) is 19.4. The molecule has 2 amide bonds. The van der Waals surface area contributed by atoms with Gasteiger partial charge in [0.25, 0.3) is 11.8 Å². The van der Waals surface area contributed by atoms with Crippen LogP contribution in [0.3, 0.4) is 0 Å². The Morgan fingerprint density at radius 3 is 2.70 bits per heavy atom. The molecule has 3 rings (SSSR count). The van der Waals surface area contributed by atoms with E-state index in [0.29, 0.717) is 17.2 Å². The van der Waals surface area contributed by atoms with Crippen molar-refractivity contribution in [3.05, 3.63) is 63.0 Å². The molecule has 1 N–H and O–H groups in total. The number of likely N-dealkylation sites (tertiary alicyclic amines) is 1. The van der Waals surface area contributed by atoms with Crippen molar-refractivity contribution in [3.63, 3.8) is 0 Å². The van der Waals surface area contributed by atoms with Crippen molar-refractivity contribution in [1.82, 2.24) is 10.2 Å². The van der Waals surface area contributed by atoms with Gasteiger partial charge < -0.3 is 10.2 Å². The van der Waals surface area contributed by atoms with Gasteiger partial charge in [0.1, 0.15) is 5.70 Å². The van der Waals surface area contributed by atoms with Crippen molar-refractivity contribution in [2.45, 2.75) is 33.6 Å². The van der Waals surface area contributed by atoms with E-state index in [0.717, 1.165) is 41.9 Å². The second kappa shape index (κ2) is 8.53. The molecule has 2 aromatic rings. The maximum absolute atomic E-state index is 13.1. The second-order valence-electron chi connectivity index (χ2n) is 7.33. The Morgan fingerprint density at radius 2 is 2.04 bits per heavy atom. The minimum Gasteiger partial charge on any atom is -0.337 e. The minimum atomic E-state index is -0.251. The molecule has 1 fully saturated rings. The average molecular weight is 383 g/mol. The Kier molecular flexibility index (Phi) is 6.11. The molecule has 0 unspecified atom stereocenters. The third-order valence-electron chi connectivity index (χ3n) is 5.02. The summed E-state index contributed by atoms with van der Waals surface area (Å²) in [5.74, 6) is 0.132. The van der Waals surface area contributed by atoms with Gasteiger partial charge in [-0.25, -0.2) is 0 Å². The molecule has 1 aromatic carbocycles. The SMILES string of the molecule is Cc1ccc(C(=O)N/C(=C/c2cccs2)C(=O)N2CCC[C@H](C)C2)cc1C. The molecule has 1 atom stereocenters. The predicted molar refractivity (Wildman–Crippen MR) is 111 cm³/mol. The summed E-state index contributed by atoms with van der Waals surface area (Å²) in [6, 6.07) is 9.47.